The summed E-state index contributed by atoms with van der Waals surface area (Å²) in [4.78, 5) is 0. The number of aromatic nitrogens is 3. The number of rotatable bonds is 1. The summed E-state index contributed by atoms with van der Waals surface area (Å²) in [5.74, 6) is 6.12. The van der Waals surface area contributed by atoms with Gasteiger partial charge in [-0.15, -0.1) is 0 Å². The van der Waals surface area contributed by atoms with Crippen LogP contribution in [0.25, 0.3) is 11.4 Å². The van der Waals surface area contributed by atoms with Crippen LogP contribution in [0.2, 0.25) is 10.0 Å². The molecule has 1 aromatic carbocycles. The van der Waals surface area contributed by atoms with Crippen molar-refractivity contribution in [1.82, 2.24) is 14.9 Å². The number of hydrogen-bond acceptors (Lipinski definition) is 3. The molecular weight excluding hydrogens is 255 g/mol. The number of halogens is 2. The maximum atomic E-state index is 6.02. The van der Waals surface area contributed by atoms with Crippen molar-refractivity contribution in [2.45, 2.75) is 0 Å². The minimum absolute atomic E-state index is 0.320. The Kier molecular flexibility index (Phi) is 2.68. The van der Waals surface area contributed by atoms with Crippen molar-refractivity contribution in [3.05, 3.63) is 33.0 Å². The predicted molar refractivity (Wildman–Crippen MR) is 63.0 cm³/mol. The van der Waals surface area contributed by atoms with Gasteiger partial charge in [-0.1, -0.05) is 29.3 Å². The second kappa shape index (κ2) is 3.84. The van der Waals surface area contributed by atoms with E-state index in [0.717, 1.165) is 0 Å². The van der Waals surface area contributed by atoms with Crippen molar-refractivity contribution in [2.24, 2.45) is 0 Å². The molecule has 0 unspecified atom stereocenters. The molecule has 0 aliphatic rings. The first-order valence-electron chi connectivity index (χ1n) is 3.98. The topological polar surface area (TPSA) is 59.6 Å². The zero-order chi connectivity index (χ0) is 11.0. The molecule has 2 aromatic rings. The normalized spacial score (nSPS) is 10.5. The predicted octanol–water partition coefficient (Wildman–Crippen LogP) is 2.63. The van der Waals surface area contributed by atoms with Gasteiger partial charge in [0.05, 0.1) is 10.0 Å². The van der Waals surface area contributed by atoms with E-state index < -0.39 is 0 Å². The second-order valence-corrected chi connectivity index (χ2v) is 4.00. The molecule has 0 radical (unpaired) electrons. The van der Waals surface area contributed by atoms with E-state index in [2.05, 4.69) is 10.2 Å². The van der Waals surface area contributed by atoms with Gasteiger partial charge in [-0.2, -0.15) is 5.10 Å². The van der Waals surface area contributed by atoms with E-state index in [1.165, 1.54) is 4.68 Å². The molecule has 3 N–H and O–H groups in total. The zero-order valence-corrected chi connectivity index (χ0v) is 9.70. The molecule has 4 nitrogen and oxygen atoms in total. The van der Waals surface area contributed by atoms with Crippen molar-refractivity contribution >= 4 is 35.4 Å². The number of nitrogens with one attached hydrogen (secondary N) is 1. The summed E-state index contributed by atoms with van der Waals surface area (Å²) in [5, 5.41) is 7.39. The number of aromatic amines is 1. The number of nitrogen functional groups attached to an aromatic ring is 1. The van der Waals surface area contributed by atoms with Crippen LogP contribution in [0.4, 0.5) is 0 Å². The Morgan fingerprint density at radius 3 is 2.73 bits per heavy atom. The highest BCUT2D eigenvalue weighted by Gasteiger charge is 2.12. The van der Waals surface area contributed by atoms with E-state index in [0.29, 0.717) is 26.2 Å². The zero-order valence-electron chi connectivity index (χ0n) is 7.37. The summed E-state index contributed by atoms with van der Waals surface area (Å²) in [6, 6.07) is 5.22. The van der Waals surface area contributed by atoms with Crippen LogP contribution in [-0.2, 0) is 0 Å². The smallest absolute Gasteiger partial charge is 0.214 e. The third kappa shape index (κ3) is 1.73. The fraction of sp³-hybridized carbons (Fsp3) is 0. The molecule has 0 spiro atoms. The summed E-state index contributed by atoms with van der Waals surface area (Å²) < 4.78 is 1.56. The van der Waals surface area contributed by atoms with Crippen molar-refractivity contribution in [2.75, 3.05) is 5.84 Å². The van der Waals surface area contributed by atoms with Crippen LogP contribution < -0.4 is 5.84 Å². The molecule has 0 amide bonds. The fourth-order valence-corrected chi connectivity index (χ4v) is 1.69. The highest BCUT2D eigenvalue weighted by atomic mass is 35.5. The maximum Gasteiger partial charge on any atom is 0.214 e. The Morgan fingerprint density at radius 1 is 1.40 bits per heavy atom. The Labute approximate surface area is 101 Å². The van der Waals surface area contributed by atoms with E-state index in [9.17, 15) is 0 Å². The molecule has 0 aliphatic carbocycles. The van der Waals surface area contributed by atoms with Gasteiger partial charge in [0.1, 0.15) is 0 Å². The van der Waals surface area contributed by atoms with Gasteiger partial charge in [-0.05, 0) is 24.4 Å². The van der Waals surface area contributed by atoms with Crippen LogP contribution in [0.5, 0.6) is 0 Å². The number of benzene rings is 1. The number of nitrogens with zero attached hydrogens (tertiary/aromatic N) is 2. The Morgan fingerprint density at radius 2 is 2.13 bits per heavy atom. The molecule has 78 valence electrons. The van der Waals surface area contributed by atoms with Crippen molar-refractivity contribution in [1.29, 1.82) is 0 Å². The van der Waals surface area contributed by atoms with Gasteiger partial charge in [0.15, 0.2) is 5.82 Å². The van der Waals surface area contributed by atoms with Crippen LogP contribution >= 0.6 is 35.4 Å². The van der Waals surface area contributed by atoms with Crippen molar-refractivity contribution < 1.29 is 0 Å². The van der Waals surface area contributed by atoms with Crippen LogP contribution in [0.1, 0.15) is 0 Å². The van der Waals surface area contributed by atoms with Crippen molar-refractivity contribution in [3.63, 3.8) is 0 Å². The molecule has 0 saturated heterocycles. The first kappa shape index (κ1) is 10.5. The molecule has 0 aliphatic heterocycles. The van der Waals surface area contributed by atoms with Crippen molar-refractivity contribution in [3.8, 4) is 11.4 Å². The van der Waals surface area contributed by atoms with E-state index in [1.807, 2.05) is 0 Å². The lowest BCUT2D eigenvalue weighted by Gasteiger charge is -2.03. The largest absolute Gasteiger partial charge is 0.335 e. The highest BCUT2D eigenvalue weighted by Crippen LogP contribution is 2.31. The number of hydrogen-bond donors (Lipinski definition) is 2. The average molecular weight is 261 g/mol. The molecule has 0 bridgehead atoms. The molecule has 7 heteroatoms. The monoisotopic (exact) mass is 260 g/mol. The second-order valence-electron chi connectivity index (χ2n) is 2.82. The van der Waals surface area contributed by atoms with Crippen LogP contribution in [0.15, 0.2) is 18.2 Å². The van der Waals surface area contributed by atoms with E-state index in [4.69, 9.17) is 41.3 Å². The highest BCUT2D eigenvalue weighted by molar-refractivity contribution is 7.71. The number of nitrogens with two attached hydrogens (primary N) is 1. The van der Waals surface area contributed by atoms with E-state index >= 15 is 0 Å². The SMILES string of the molecule is Nn1c(-c2cccc(Cl)c2Cl)n[nH]c1=S. The Bertz CT molecular complexity index is 560. The lowest BCUT2D eigenvalue weighted by molar-refractivity contribution is 0.984. The maximum absolute atomic E-state index is 6.02. The first-order valence-corrected chi connectivity index (χ1v) is 5.14. The third-order valence-electron chi connectivity index (χ3n) is 1.90. The van der Waals surface area contributed by atoms with Crippen LogP contribution in [0, 0.1) is 4.77 Å². The van der Waals surface area contributed by atoms with Crippen LogP contribution in [-0.4, -0.2) is 14.9 Å². The van der Waals surface area contributed by atoms with Gasteiger partial charge in [0.25, 0.3) is 0 Å². The summed E-state index contributed by atoms with van der Waals surface area (Å²) >= 11 is 16.8. The standard InChI is InChI=1S/C8H6Cl2N4S/c9-5-3-1-2-4(6(5)10)7-12-13-8(15)14(7)11/h1-3H,11H2,(H,13,15). The molecule has 0 atom stereocenters. The molecule has 0 saturated carbocycles. The molecule has 1 aromatic heterocycles. The van der Waals surface area contributed by atoms with Gasteiger partial charge in [0, 0.05) is 5.56 Å². The van der Waals surface area contributed by atoms with Gasteiger partial charge < -0.3 is 5.84 Å². The lowest BCUT2D eigenvalue weighted by Crippen LogP contribution is -2.10. The summed E-state index contributed by atoms with van der Waals surface area (Å²) in [7, 11) is 0. The van der Waals surface area contributed by atoms with Crippen LogP contribution in [0.3, 0.4) is 0 Å². The quantitative estimate of drug-likeness (QED) is 0.612. The fourth-order valence-electron chi connectivity index (χ4n) is 1.17. The Hall–Kier alpha value is -1.04. The third-order valence-corrected chi connectivity index (χ3v) is 3.00. The average Bonchev–Trinajstić information content (AvgIpc) is 2.53. The van der Waals surface area contributed by atoms with E-state index in [-0.39, 0.29) is 0 Å². The van der Waals surface area contributed by atoms with Gasteiger partial charge in [-0.25, -0.2) is 9.77 Å². The molecule has 15 heavy (non-hydrogen) atoms. The van der Waals surface area contributed by atoms with Gasteiger partial charge in [0.2, 0.25) is 4.77 Å². The first-order chi connectivity index (χ1) is 7.11. The minimum atomic E-state index is 0.320. The summed E-state index contributed by atoms with van der Waals surface area (Å²) in [6.07, 6.45) is 0. The minimum Gasteiger partial charge on any atom is -0.335 e. The van der Waals surface area contributed by atoms with Gasteiger partial charge in [-0.3, -0.25) is 0 Å². The lowest BCUT2D eigenvalue weighted by atomic mass is 10.2. The Balaban J connectivity index is 2.69. The molecular formula is C8H6Cl2N4S. The number of H-pyrrole nitrogens is 1. The molecule has 0 fully saturated rings. The van der Waals surface area contributed by atoms with E-state index in [1.54, 1.807) is 18.2 Å². The van der Waals surface area contributed by atoms with Gasteiger partial charge >= 0.3 is 0 Å². The molecule has 2 rings (SSSR count). The summed E-state index contributed by atoms with van der Waals surface area (Å²) in [5.41, 5.74) is 0.638. The summed E-state index contributed by atoms with van der Waals surface area (Å²) in [6.45, 7) is 0. The molecule has 1 heterocycles.